The third-order valence-corrected chi connectivity index (χ3v) is 4.86. The second kappa shape index (κ2) is 8.00. The lowest BCUT2D eigenvalue weighted by Gasteiger charge is -2.33. The van der Waals surface area contributed by atoms with Gasteiger partial charge in [0.2, 0.25) is 5.88 Å². The van der Waals surface area contributed by atoms with Crippen LogP contribution >= 0.6 is 0 Å². The summed E-state index contributed by atoms with van der Waals surface area (Å²) in [7, 11) is 1.67. The lowest BCUT2D eigenvalue weighted by Crippen LogP contribution is -3.15. The van der Waals surface area contributed by atoms with E-state index in [1.165, 1.54) is 10.6 Å². The predicted octanol–water partition coefficient (Wildman–Crippen LogP) is 1.32. The minimum Gasteiger partial charge on any atom is -0.497 e. The molecule has 0 spiro atoms. The number of amides is 1. The predicted molar refractivity (Wildman–Crippen MR) is 105 cm³/mol. The Hall–Kier alpha value is -2.54. The van der Waals surface area contributed by atoms with E-state index in [0.29, 0.717) is 12.4 Å². The first-order valence-electron chi connectivity index (χ1n) is 9.35. The Labute approximate surface area is 160 Å². The highest BCUT2D eigenvalue weighted by molar-refractivity contribution is 5.90. The molecule has 2 heterocycles. The summed E-state index contributed by atoms with van der Waals surface area (Å²) < 4.78 is 10.4. The van der Waals surface area contributed by atoms with Crippen LogP contribution in [-0.4, -0.2) is 50.9 Å². The fraction of sp³-hybridized carbons (Fsp3) is 0.500. The molecule has 146 valence electrons. The molecule has 0 saturated carbocycles. The molecule has 1 aromatic heterocycles. The monoisotopic (exact) mass is 373 g/mol. The largest absolute Gasteiger partial charge is 0.497 e. The maximum Gasteiger partial charge on any atom is 0.281 e. The number of anilines is 2. The quantitative estimate of drug-likeness (QED) is 0.827. The van der Waals surface area contributed by atoms with Crippen molar-refractivity contribution in [2.75, 3.05) is 50.1 Å². The molecule has 0 bridgehead atoms. The van der Waals surface area contributed by atoms with E-state index in [1.807, 2.05) is 12.1 Å². The highest BCUT2D eigenvalue weighted by Gasteiger charge is 2.24. The summed E-state index contributed by atoms with van der Waals surface area (Å²) in [5, 5.41) is 6.85. The van der Waals surface area contributed by atoms with Crippen molar-refractivity contribution in [3.05, 3.63) is 36.0 Å². The molecule has 1 aromatic carbocycles. The van der Waals surface area contributed by atoms with E-state index in [4.69, 9.17) is 9.26 Å². The number of hydrogen-bond donors (Lipinski definition) is 2. The average molecular weight is 373 g/mol. The van der Waals surface area contributed by atoms with Gasteiger partial charge in [0.15, 0.2) is 6.54 Å². The molecule has 0 aliphatic carbocycles. The molecular weight excluding hydrogens is 344 g/mol. The summed E-state index contributed by atoms with van der Waals surface area (Å²) in [4.78, 5) is 15.9. The van der Waals surface area contributed by atoms with Crippen LogP contribution in [0, 0.1) is 0 Å². The number of aromatic nitrogens is 1. The smallest absolute Gasteiger partial charge is 0.281 e. The second-order valence-electron chi connectivity index (χ2n) is 7.99. The molecular formula is C20H29N4O3+. The van der Waals surface area contributed by atoms with Crippen molar-refractivity contribution in [1.29, 1.82) is 0 Å². The fourth-order valence-corrected chi connectivity index (χ4v) is 3.15. The van der Waals surface area contributed by atoms with E-state index in [-0.39, 0.29) is 11.3 Å². The molecule has 3 rings (SSSR count). The third-order valence-electron chi connectivity index (χ3n) is 4.86. The number of rotatable bonds is 5. The van der Waals surface area contributed by atoms with E-state index < -0.39 is 0 Å². The third kappa shape index (κ3) is 5.01. The Balaban J connectivity index is 1.47. The SMILES string of the molecule is COc1ccc(N2CC[NH+](CC(=O)Nc3cc(C(C)(C)C)no3)CC2)cc1. The molecule has 1 saturated heterocycles. The van der Waals surface area contributed by atoms with E-state index >= 15 is 0 Å². The number of piperazine rings is 1. The average Bonchev–Trinajstić information content (AvgIpc) is 3.11. The van der Waals surface area contributed by atoms with Crippen LogP contribution in [0.1, 0.15) is 26.5 Å². The van der Waals surface area contributed by atoms with Gasteiger partial charge in [-0.1, -0.05) is 25.9 Å². The normalized spacial score (nSPS) is 15.6. The lowest BCUT2D eigenvalue weighted by molar-refractivity contribution is -0.892. The van der Waals surface area contributed by atoms with Crippen molar-refractivity contribution in [1.82, 2.24) is 5.16 Å². The van der Waals surface area contributed by atoms with Crippen molar-refractivity contribution < 1.29 is 19.0 Å². The first-order chi connectivity index (χ1) is 12.8. The molecule has 7 heteroatoms. The molecule has 7 nitrogen and oxygen atoms in total. The van der Waals surface area contributed by atoms with Gasteiger partial charge in [0.25, 0.3) is 5.91 Å². The van der Waals surface area contributed by atoms with Gasteiger partial charge in [0, 0.05) is 17.2 Å². The summed E-state index contributed by atoms with van der Waals surface area (Å²) in [6, 6.07) is 9.91. The van der Waals surface area contributed by atoms with E-state index in [0.717, 1.165) is 37.6 Å². The van der Waals surface area contributed by atoms with Gasteiger partial charge < -0.3 is 19.1 Å². The number of nitrogens with zero attached hydrogens (tertiary/aromatic N) is 2. The Morgan fingerprint density at radius 1 is 1.26 bits per heavy atom. The maximum atomic E-state index is 12.3. The van der Waals surface area contributed by atoms with Gasteiger partial charge in [-0.25, -0.2) is 0 Å². The van der Waals surface area contributed by atoms with Crippen LogP contribution in [-0.2, 0) is 10.2 Å². The number of methoxy groups -OCH3 is 1. The number of hydrogen-bond acceptors (Lipinski definition) is 5. The van der Waals surface area contributed by atoms with Crippen LogP contribution in [0.2, 0.25) is 0 Å². The number of carbonyl (C=O) groups excluding carboxylic acids is 1. The van der Waals surface area contributed by atoms with Crippen LogP contribution in [0.5, 0.6) is 5.75 Å². The summed E-state index contributed by atoms with van der Waals surface area (Å²) in [6.45, 7) is 10.3. The highest BCUT2D eigenvalue weighted by atomic mass is 16.5. The van der Waals surface area contributed by atoms with Gasteiger partial charge in [-0.2, -0.15) is 0 Å². The first kappa shape index (κ1) is 19.2. The van der Waals surface area contributed by atoms with E-state index in [1.54, 1.807) is 13.2 Å². The number of quaternary nitrogens is 1. The number of benzene rings is 1. The second-order valence-corrected chi connectivity index (χ2v) is 7.99. The molecule has 1 aliphatic heterocycles. The van der Waals surface area contributed by atoms with Crippen LogP contribution < -0.4 is 19.9 Å². The van der Waals surface area contributed by atoms with E-state index in [9.17, 15) is 4.79 Å². The molecule has 0 radical (unpaired) electrons. The summed E-state index contributed by atoms with van der Waals surface area (Å²) in [6.07, 6.45) is 0. The van der Waals surface area contributed by atoms with Crippen LogP contribution in [0.25, 0.3) is 0 Å². The number of carbonyl (C=O) groups is 1. The van der Waals surface area contributed by atoms with Gasteiger partial charge in [0.1, 0.15) is 5.75 Å². The number of ether oxygens (including phenoxy) is 1. The van der Waals surface area contributed by atoms with Crippen molar-refractivity contribution in [2.45, 2.75) is 26.2 Å². The van der Waals surface area contributed by atoms with Crippen LogP contribution in [0.3, 0.4) is 0 Å². The maximum absolute atomic E-state index is 12.3. The van der Waals surface area contributed by atoms with E-state index in [2.05, 4.69) is 48.3 Å². The van der Waals surface area contributed by atoms with Crippen LogP contribution in [0.15, 0.2) is 34.9 Å². The van der Waals surface area contributed by atoms with Gasteiger partial charge in [-0.05, 0) is 24.3 Å². The van der Waals surface area contributed by atoms with Gasteiger partial charge in [-0.15, -0.1) is 0 Å². The Morgan fingerprint density at radius 3 is 2.48 bits per heavy atom. The van der Waals surface area contributed by atoms with Crippen molar-refractivity contribution in [2.24, 2.45) is 0 Å². The van der Waals surface area contributed by atoms with Crippen molar-refractivity contribution in [3.63, 3.8) is 0 Å². The van der Waals surface area contributed by atoms with Gasteiger partial charge in [-0.3, -0.25) is 10.1 Å². The molecule has 2 N–H and O–H groups in total. The number of nitrogens with one attached hydrogen (secondary N) is 2. The Bertz CT molecular complexity index is 756. The zero-order chi connectivity index (χ0) is 19.4. The van der Waals surface area contributed by atoms with Crippen LogP contribution in [0.4, 0.5) is 11.6 Å². The first-order valence-corrected chi connectivity index (χ1v) is 9.35. The standard InChI is InChI=1S/C20H28N4O3/c1-20(2,3)17-13-19(27-22-17)21-18(25)14-23-9-11-24(12-10-23)15-5-7-16(26-4)8-6-15/h5-8,13H,9-12,14H2,1-4H3,(H,21,25)/p+1. The highest BCUT2D eigenvalue weighted by Crippen LogP contribution is 2.23. The molecule has 0 atom stereocenters. The molecule has 27 heavy (non-hydrogen) atoms. The van der Waals surface area contributed by atoms with Gasteiger partial charge >= 0.3 is 0 Å². The summed E-state index contributed by atoms with van der Waals surface area (Å²) in [5.41, 5.74) is 1.92. The minimum absolute atomic E-state index is 0.0421. The fourth-order valence-electron chi connectivity index (χ4n) is 3.15. The Kier molecular flexibility index (Phi) is 5.70. The van der Waals surface area contributed by atoms with Crippen molar-refractivity contribution in [3.8, 4) is 5.75 Å². The molecule has 2 aromatic rings. The zero-order valence-corrected chi connectivity index (χ0v) is 16.5. The van der Waals surface area contributed by atoms with Crippen molar-refractivity contribution >= 4 is 17.5 Å². The zero-order valence-electron chi connectivity index (χ0n) is 16.5. The summed E-state index contributed by atoms with van der Waals surface area (Å²) in [5.74, 6) is 1.24. The summed E-state index contributed by atoms with van der Waals surface area (Å²) >= 11 is 0. The molecule has 1 aliphatic rings. The molecule has 1 fully saturated rings. The Morgan fingerprint density at radius 2 is 1.93 bits per heavy atom. The molecule has 1 amide bonds. The molecule has 0 unspecified atom stereocenters. The lowest BCUT2D eigenvalue weighted by atomic mass is 9.92. The van der Waals surface area contributed by atoms with Gasteiger partial charge in [0.05, 0.1) is 39.0 Å². The topological polar surface area (TPSA) is 72.0 Å². The minimum atomic E-state index is -0.102.